The van der Waals surface area contributed by atoms with E-state index in [4.69, 9.17) is 29.4 Å². The average Bonchev–Trinajstić information content (AvgIpc) is 3.05. The number of aliphatic hydroxyl groups is 11. The van der Waals surface area contributed by atoms with Crippen LogP contribution in [0.15, 0.2) is 0 Å². The maximum Gasteiger partial charge on any atom is 0.234 e. The van der Waals surface area contributed by atoms with Crippen molar-refractivity contribution in [1.29, 1.82) is 0 Å². The van der Waals surface area contributed by atoms with Crippen molar-refractivity contribution < 1.29 is 84.7 Å². The van der Waals surface area contributed by atoms with Crippen molar-refractivity contribution in [2.45, 2.75) is 124 Å². The highest BCUT2D eigenvalue weighted by molar-refractivity contribution is 5.78. The summed E-state index contributed by atoms with van der Waals surface area (Å²) < 4.78 is 28.1. The van der Waals surface area contributed by atoms with Crippen LogP contribution in [0, 0.1) is 5.92 Å². The summed E-state index contributed by atoms with van der Waals surface area (Å²) >= 11 is 0. The molecule has 2 aliphatic heterocycles. The van der Waals surface area contributed by atoms with Crippen LogP contribution in [0.1, 0.15) is 26.2 Å². The molecule has 270 valence electrons. The minimum atomic E-state index is -1.91. The van der Waals surface area contributed by atoms with E-state index in [9.17, 15) is 61.0 Å². The Morgan fingerprint density at radius 3 is 1.91 bits per heavy atom. The smallest absolute Gasteiger partial charge is 0.234 e. The molecule has 1 amide bonds. The molecule has 3 rings (SSSR count). The summed E-state index contributed by atoms with van der Waals surface area (Å²) in [5.74, 6) is -1.45. The van der Waals surface area contributed by atoms with Gasteiger partial charge in [0.05, 0.1) is 50.7 Å². The summed E-state index contributed by atoms with van der Waals surface area (Å²) in [6, 6.07) is -0.944. The molecule has 17 atom stereocenters. The molecular formula is C27H50N2O17. The third-order valence-electron chi connectivity index (χ3n) is 8.62. The number of nitrogens with one attached hydrogen (secondary N) is 1. The number of aliphatic hydroxyl groups excluding tert-OH is 11. The van der Waals surface area contributed by atoms with Crippen LogP contribution in [0.25, 0.3) is 0 Å². The van der Waals surface area contributed by atoms with E-state index in [2.05, 4.69) is 5.32 Å². The minimum Gasteiger partial charge on any atom is -0.396 e. The Hall–Kier alpha value is -1.21. The van der Waals surface area contributed by atoms with Gasteiger partial charge in [-0.3, -0.25) is 4.79 Å². The summed E-state index contributed by atoms with van der Waals surface area (Å²) in [6.45, 7) is -1.04. The fourth-order valence-electron chi connectivity index (χ4n) is 5.85. The number of rotatable bonds is 15. The Kier molecular flexibility index (Phi) is 15.3. The van der Waals surface area contributed by atoms with E-state index in [0.29, 0.717) is 12.8 Å². The molecule has 19 heteroatoms. The van der Waals surface area contributed by atoms with Crippen molar-refractivity contribution in [1.82, 2.24) is 5.32 Å². The lowest BCUT2D eigenvalue weighted by molar-refractivity contribution is -0.365. The number of nitrogens with two attached hydrogens (primary N) is 1. The first kappa shape index (κ1) is 39.2. The first-order chi connectivity index (χ1) is 21.8. The first-order valence-electron chi connectivity index (χ1n) is 15.3. The van der Waals surface area contributed by atoms with Crippen LogP contribution in [0.4, 0.5) is 0 Å². The van der Waals surface area contributed by atoms with E-state index >= 15 is 0 Å². The van der Waals surface area contributed by atoms with Crippen LogP contribution in [0.2, 0.25) is 0 Å². The predicted octanol–water partition coefficient (Wildman–Crippen LogP) is -7.28. The van der Waals surface area contributed by atoms with Crippen LogP contribution in [0.3, 0.4) is 0 Å². The largest absolute Gasteiger partial charge is 0.396 e. The third-order valence-corrected chi connectivity index (χ3v) is 8.62. The van der Waals surface area contributed by atoms with E-state index in [0.717, 1.165) is 0 Å². The molecule has 0 radical (unpaired) electrons. The van der Waals surface area contributed by atoms with Gasteiger partial charge >= 0.3 is 0 Å². The molecule has 19 nitrogen and oxygen atoms in total. The molecule has 0 aromatic rings. The molecule has 46 heavy (non-hydrogen) atoms. The highest BCUT2D eigenvalue weighted by Crippen LogP contribution is 2.34. The van der Waals surface area contributed by atoms with Crippen LogP contribution in [-0.2, 0) is 28.5 Å². The first-order valence-corrected chi connectivity index (χ1v) is 15.3. The zero-order chi connectivity index (χ0) is 34.3. The average molecular weight is 675 g/mol. The standard InChI is InChI=1S/C27H50N2O17/c1-2-3-12(33)11(29-16(34)5-28)9-42-26-22(40)20(38)25(15(8-32)44-26)46-27-23(41)21(39)24(14(7-31)45-27)43-13-4-10(6-30)17(35)19(37)18(13)36/h10-15,17-27,30-33,35-41H,2-9,28H2,1H3,(H,29,34)/t10-,11+,12-,13+,14-,15-,17+,18+,19+,20-,21-,22-,23-,24+,25-,26-,27+/m1/s1. The summed E-state index contributed by atoms with van der Waals surface area (Å²) in [4.78, 5) is 11.8. The molecule has 0 unspecified atom stereocenters. The maximum atomic E-state index is 11.8. The molecule has 3 aliphatic rings. The van der Waals surface area contributed by atoms with Gasteiger partial charge in [-0.1, -0.05) is 13.3 Å². The van der Waals surface area contributed by atoms with E-state index in [1.807, 2.05) is 6.92 Å². The highest BCUT2D eigenvalue weighted by atomic mass is 16.7. The molecule has 0 spiro atoms. The lowest BCUT2D eigenvalue weighted by atomic mass is 9.81. The second-order valence-electron chi connectivity index (χ2n) is 11.9. The van der Waals surface area contributed by atoms with Crippen molar-refractivity contribution in [3.63, 3.8) is 0 Å². The van der Waals surface area contributed by atoms with Gasteiger partial charge in [0.15, 0.2) is 12.6 Å². The fraction of sp³-hybridized carbons (Fsp3) is 0.963. The quantitative estimate of drug-likeness (QED) is 0.0767. The zero-order valence-corrected chi connectivity index (χ0v) is 25.4. The summed E-state index contributed by atoms with van der Waals surface area (Å²) in [5.41, 5.74) is 5.34. The van der Waals surface area contributed by atoms with Crippen molar-refractivity contribution >= 4 is 5.91 Å². The maximum absolute atomic E-state index is 11.8. The van der Waals surface area contributed by atoms with Crippen LogP contribution in [-0.4, -0.2) is 193 Å². The molecule has 0 bridgehead atoms. The molecule has 0 aromatic heterocycles. The van der Waals surface area contributed by atoms with Gasteiger partial charge in [-0.15, -0.1) is 0 Å². The molecule has 1 aliphatic carbocycles. The Morgan fingerprint density at radius 2 is 1.37 bits per heavy atom. The van der Waals surface area contributed by atoms with Gasteiger partial charge in [-0.25, -0.2) is 0 Å². The molecule has 2 saturated heterocycles. The van der Waals surface area contributed by atoms with Gasteiger partial charge in [0.2, 0.25) is 5.91 Å². The second-order valence-corrected chi connectivity index (χ2v) is 11.9. The van der Waals surface area contributed by atoms with Crippen molar-refractivity contribution in [3.05, 3.63) is 0 Å². The van der Waals surface area contributed by atoms with Gasteiger partial charge in [0.1, 0.15) is 61.0 Å². The lowest BCUT2D eigenvalue weighted by Crippen LogP contribution is -2.66. The number of hydrogen-bond donors (Lipinski definition) is 13. The fourth-order valence-corrected chi connectivity index (χ4v) is 5.85. The summed E-state index contributed by atoms with van der Waals surface area (Å²) in [5, 5.41) is 116. The van der Waals surface area contributed by atoms with Gasteiger partial charge in [-0.05, 0) is 12.8 Å². The van der Waals surface area contributed by atoms with Crippen LogP contribution >= 0.6 is 0 Å². The second kappa shape index (κ2) is 18.0. The highest BCUT2D eigenvalue weighted by Gasteiger charge is 2.53. The number of hydrogen-bond acceptors (Lipinski definition) is 18. The third kappa shape index (κ3) is 9.07. The van der Waals surface area contributed by atoms with Crippen molar-refractivity contribution in [2.24, 2.45) is 11.7 Å². The van der Waals surface area contributed by atoms with Gasteiger partial charge in [-0.2, -0.15) is 0 Å². The number of amides is 1. The van der Waals surface area contributed by atoms with Gasteiger partial charge in [0.25, 0.3) is 0 Å². The van der Waals surface area contributed by atoms with Crippen molar-refractivity contribution in [2.75, 3.05) is 33.0 Å². The Bertz CT molecular complexity index is 917. The number of carbonyl (C=O) groups is 1. The molecule has 0 aromatic carbocycles. The molecule has 3 fully saturated rings. The van der Waals surface area contributed by atoms with E-state index in [1.165, 1.54) is 0 Å². The van der Waals surface area contributed by atoms with Gasteiger partial charge in [0, 0.05) is 12.5 Å². The predicted molar refractivity (Wildman–Crippen MR) is 150 cm³/mol. The van der Waals surface area contributed by atoms with Crippen LogP contribution in [0.5, 0.6) is 0 Å². The van der Waals surface area contributed by atoms with Crippen molar-refractivity contribution in [3.8, 4) is 0 Å². The topological polar surface area (TPSA) is 324 Å². The molecule has 1 saturated carbocycles. The Morgan fingerprint density at radius 1 is 0.804 bits per heavy atom. The number of carbonyl (C=O) groups excluding carboxylic acids is 1. The van der Waals surface area contributed by atoms with Crippen LogP contribution < -0.4 is 11.1 Å². The molecule has 2 heterocycles. The molecular weight excluding hydrogens is 624 g/mol. The summed E-state index contributed by atoms with van der Waals surface area (Å²) in [7, 11) is 0. The summed E-state index contributed by atoms with van der Waals surface area (Å²) in [6.07, 6.45) is -22.9. The number of ether oxygens (including phenoxy) is 5. The van der Waals surface area contributed by atoms with E-state index in [1.54, 1.807) is 0 Å². The lowest BCUT2D eigenvalue weighted by Gasteiger charge is -2.48. The normalized spacial score (nSPS) is 43.2. The minimum absolute atomic E-state index is 0.143. The SMILES string of the molecule is CCC[C@@H](O)[C@H](CO[C@@H]1O[C@H](CO)[C@@H](O[C@@H]2O[C@H](CO)[C@H](O[C@H]3C[C@H](CO)[C@H](O)[C@H](O)[C@H]3O)[C@H](O)[C@H]2O)[C@H](O)[C@H]1O)NC(=O)CN. The van der Waals surface area contributed by atoms with Gasteiger partial charge < -0.3 is 90.9 Å². The monoisotopic (exact) mass is 674 g/mol. The Balaban J connectivity index is 1.67. The molecule has 14 N–H and O–H groups in total. The van der Waals surface area contributed by atoms with E-state index in [-0.39, 0.29) is 19.6 Å². The Labute approximate surface area is 265 Å². The zero-order valence-electron chi connectivity index (χ0n) is 25.4. The van der Waals surface area contributed by atoms with E-state index < -0.39 is 130 Å².